The molecule has 2 heterocycles. The number of rotatable bonds is 4. The highest BCUT2D eigenvalue weighted by Crippen LogP contribution is 2.36. The second-order valence-corrected chi connectivity index (χ2v) is 7.87. The molecule has 0 atom stereocenters. The van der Waals surface area contributed by atoms with Crippen LogP contribution in [0.1, 0.15) is 11.1 Å². The fourth-order valence-corrected chi connectivity index (χ4v) is 3.91. The number of pyridine rings is 1. The Morgan fingerprint density at radius 1 is 0.969 bits per heavy atom. The van der Waals surface area contributed by atoms with E-state index in [0.29, 0.717) is 10.6 Å². The maximum atomic E-state index is 13.6. The highest BCUT2D eigenvalue weighted by molar-refractivity contribution is 6.30. The van der Waals surface area contributed by atoms with Gasteiger partial charge in [0.1, 0.15) is 5.75 Å². The molecule has 0 saturated carbocycles. The number of methoxy groups -OCH3 is 1. The molecular formula is C27H19ClN2O2. The number of benzene rings is 3. The SMILES string of the molecule is COc1ccc(/C=C2/C=C(c3ccc(Cl)cc3)N(c3ccc4ncccc4c3)C2=O)cc1. The van der Waals surface area contributed by atoms with E-state index in [1.807, 2.05) is 91.0 Å². The molecule has 1 aromatic heterocycles. The first-order chi connectivity index (χ1) is 15.6. The summed E-state index contributed by atoms with van der Waals surface area (Å²) in [6.07, 6.45) is 5.57. The van der Waals surface area contributed by atoms with E-state index in [0.717, 1.165) is 39.2 Å². The molecule has 5 heteroatoms. The van der Waals surface area contributed by atoms with E-state index in [9.17, 15) is 4.79 Å². The lowest BCUT2D eigenvalue weighted by atomic mass is 10.1. The van der Waals surface area contributed by atoms with Crippen molar-refractivity contribution in [3.05, 3.63) is 113 Å². The zero-order valence-electron chi connectivity index (χ0n) is 17.3. The van der Waals surface area contributed by atoms with Gasteiger partial charge in [-0.05, 0) is 71.8 Å². The lowest BCUT2D eigenvalue weighted by Gasteiger charge is -2.21. The number of aromatic nitrogens is 1. The number of ether oxygens (including phenoxy) is 1. The minimum atomic E-state index is -0.0889. The summed E-state index contributed by atoms with van der Waals surface area (Å²) < 4.78 is 5.23. The van der Waals surface area contributed by atoms with Crippen LogP contribution in [-0.4, -0.2) is 18.0 Å². The van der Waals surface area contributed by atoms with Crippen molar-refractivity contribution in [2.24, 2.45) is 0 Å². The number of carbonyl (C=O) groups is 1. The van der Waals surface area contributed by atoms with Crippen molar-refractivity contribution in [3.8, 4) is 5.75 Å². The molecule has 0 N–H and O–H groups in total. The van der Waals surface area contributed by atoms with Crippen LogP contribution < -0.4 is 9.64 Å². The first kappa shape index (κ1) is 20.0. The number of hydrogen-bond donors (Lipinski definition) is 0. The van der Waals surface area contributed by atoms with Gasteiger partial charge in [-0.3, -0.25) is 14.7 Å². The Morgan fingerprint density at radius 3 is 2.50 bits per heavy atom. The molecule has 1 aliphatic heterocycles. The molecule has 32 heavy (non-hydrogen) atoms. The summed E-state index contributed by atoms with van der Waals surface area (Å²) in [5, 5.41) is 1.62. The third-order valence-electron chi connectivity index (χ3n) is 5.41. The molecule has 5 rings (SSSR count). The highest BCUT2D eigenvalue weighted by atomic mass is 35.5. The minimum Gasteiger partial charge on any atom is -0.497 e. The second kappa shape index (κ2) is 8.33. The molecule has 0 spiro atoms. The van der Waals surface area contributed by atoms with Crippen molar-refractivity contribution in [1.29, 1.82) is 0 Å². The molecule has 3 aromatic carbocycles. The van der Waals surface area contributed by atoms with Crippen LogP contribution in [0.15, 0.2) is 96.7 Å². The van der Waals surface area contributed by atoms with Gasteiger partial charge in [0.15, 0.2) is 0 Å². The van der Waals surface area contributed by atoms with Gasteiger partial charge >= 0.3 is 0 Å². The number of nitrogens with zero attached hydrogens (tertiary/aromatic N) is 2. The van der Waals surface area contributed by atoms with Gasteiger partial charge in [0, 0.05) is 27.9 Å². The average Bonchev–Trinajstić information content (AvgIpc) is 3.15. The van der Waals surface area contributed by atoms with E-state index in [2.05, 4.69) is 4.98 Å². The molecule has 0 unspecified atom stereocenters. The molecule has 4 nitrogen and oxygen atoms in total. The van der Waals surface area contributed by atoms with Crippen molar-refractivity contribution in [1.82, 2.24) is 4.98 Å². The van der Waals surface area contributed by atoms with E-state index < -0.39 is 0 Å². The molecular weight excluding hydrogens is 420 g/mol. The Kier molecular flexibility index (Phi) is 5.21. The van der Waals surface area contributed by atoms with Crippen LogP contribution in [0.3, 0.4) is 0 Å². The average molecular weight is 439 g/mol. The summed E-state index contributed by atoms with van der Waals surface area (Å²) in [7, 11) is 1.63. The molecule has 4 aromatic rings. The van der Waals surface area contributed by atoms with E-state index in [1.165, 1.54) is 0 Å². The van der Waals surface area contributed by atoms with Gasteiger partial charge in [0.05, 0.1) is 18.3 Å². The molecule has 0 bridgehead atoms. The van der Waals surface area contributed by atoms with Crippen molar-refractivity contribution in [2.45, 2.75) is 0 Å². The zero-order chi connectivity index (χ0) is 22.1. The van der Waals surface area contributed by atoms with Crippen molar-refractivity contribution < 1.29 is 9.53 Å². The van der Waals surface area contributed by atoms with Gasteiger partial charge in [0.2, 0.25) is 0 Å². The molecule has 0 fully saturated rings. The molecule has 0 aliphatic carbocycles. The van der Waals surface area contributed by atoms with Crippen LogP contribution in [0.25, 0.3) is 22.7 Å². The van der Waals surface area contributed by atoms with Crippen LogP contribution in [0.4, 0.5) is 5.69 Å². The lowest BCUT2D eigenvalue weighted by molar-refractivity contribution is -0.113. The first-order valence-electron chi connectivity index (χ1n) is 10.1. The van der Waals surface area contributed by atoms with Gasteiger partial charge in [0.25, 0.3) is 5.91 Å². The van der Waals surface area contributed by atoms with Gasteiger partial charge in [-0.1, -0.05) is 41.9 Å². The van der Waals surface area contributed by atoms with Crippen LogP contribution in [0.5, 0.6) is 5.75 Å². The molecule has 0 saturated heterocycles. The maximum Gasteiger partial charge on any atom is 0.262 e. The van der Waals surface area contributed by atoms with Gasteiger partial charge in [-0.25, -0.2) is 0 Å². The van der Waals surface area contributed by atoms with E-state index in [4.69, 9.17) is 16.3 Å². The Balaban J connectivity index is 1.61. The largest absolute Gasteiger partial charge is 0.497 e. The first-order valence-corrected chi connectivity index (χ1v) is 10.5. The minimum absolute atomic E-state index is 0.0889. The van der Waals surface area contributed by atoms with Crippen LogP contribution in [0, 0.1) is 0 Å². The number of amides is 1. The summed E-state index contributed by atoms with van der Waals surface area (Å²) >= 11 is 6.10. The quantitative estimate of drug-likeness (QED) is 0.348. The zero-order valence-corrected chi connectivity index (χ0v) is 18.1. The number of fused-ring (bicyclic) bond motifs is 1. The second-order valence-electron chi connectivity index (χ2n) is 7.43. The summed E-state index contributed by atoms with van der Waals surface area (Å²) in [6, 6.07) is 24.9. The highest BCUT2D eigenvalue weighted by Gasteiger charge is 2.30. The Hall–Kier alpha value is -3.89. The third kappa shape index (κ3) is 3.77. The summed E-state index contributed by atoms with van der Waals surface area (Å²) in [5.74, 6) is 0.683. The topological polar surface area (TPSA) is 42.4 Å². The number of hydrogen-bond acceptors (Lipinski definition) is 3. The van der Waals surface area contributed by atoms with Crippen molar-refractivity contribution in [3.63, 3.8) is 0 Å². The Bertz CT molecular complexity index is 1370. The Morgan fingerprint density at radius 2 is 1.75 bits per heavy atom. The van der Waals surface area contributed by atoms with Gasteiger partial charge in [-0.2, -0.15) is 0 Å². The van der Waals surface area contributed by atoms with Crippen LogP contribution in [-0.2, 0) is 4.79 Å². The monoisotopic (exact) mass is 438 g/mol. The predicted octanol–water partition coefficient (Wildman–Crippen LogP) is 6.37. The predicted molar refractivity (Wildman–Crippen MR) is 130 cm³/mol. The number of anilines is 1. The van der Waals surface area contributed by atoms with Gasteiger partial charge < -0.3 is 4.74 Å². The summed E-state index contributed by atoms with van der Waals surface area (Å²) in [6.45, 7) is 0. The third-order valence-corrected chi connectivity index (χ3v) is 5.66. The summed E-state index contributed by atoms with van der Waals surface area (Å²) in [4.78, 5) is 19.7. The van der Waals surface area contributed by atoms with Crippen molar-refractivity contribution >= 4 is 45.9 Å². The van der Waals surface area contributed by atoms with Crippen LogP contribution >= 0.6 is 11.6 Å². The van der Waals surface area contributed by atoms with Crippen LogP contribution in [0.2, 0.25) is 5.02 Å². The van der Waals surface area contributed by atoms with Crippen molar-refractivity contribution in [2.75, 3.05) is 12.0 Å². The smallest absolute Gasteiger partial charge is 0.262 e. The lowest BCUT2D eigenvalue weighted by Crippen LogP contribution is -2.24. The van der Waals surface area contributed by atoms with Gasteiger partial charge in [-0.15, -0.1) is 0 Å². The van der Waals surface area contributed by atoms with E-state index in [1.54, 1.807) is 18.2 Å². The molecule has 156 valence electrons. The molecule has 0 radical (unpaired) electrons. The van der Waals surface area contributed by atoms with E-state index >= 15 is 0 Å². The molecule has 1 aliphatic rings. The fraction of sp³-hybridized carbons (Fsp3) is 0.0370. The standard InChI is InChI=1S/C27H19ClN2O2/c1-32-24-11-4-18(5-12-24)15-21-17-26(19-6-8-22(28)9-7-19)30(27(21)31)23-10-13-25-20(16-23)3-2-14-29-25/h2-17H,1H3/b21-15-. The molecule has 1 amide bonds. The van der Waals surface area contributed by atoms with E-state index in [-0.39, 0.29) is 5.91 Å². The normalized spacial score (nSPS) is 14.8. The Labute approximate surface area is 191 Å². The maximum absolute atomic E-state index is 13.6. The number of carbonyl (C=O) groups excluding carboxylic acids is 1. The fourth-order valence-electron chi connectivity index (χ4n) is 3.79. The number of halogens is 1. The summed E-state index contributed by atoms with van der Waals surface area (Å²) in [5.41, 5.74) is 4.90.